The van der Waals surface area contributed by atoms with E-state index in [2.05, 4.69) is 4.98 Å². The summed E-state index contributed by atoms with van der Waals surface area (Å²) in [6.45, 7) is 0.312. The smallest absolute Gasteiger partial charge is 0.422 e. The zero-order valence-corrected chi connectivity index (χ0v) is 19.9. The molecule has 0 amide bonds. The molecule has 36 heavy (non-hydrogen) atoms. The minimum atomic E-state index is -4.97. The summed E-state index contributed by atoms with van der Waals surface area (Å²) >= 11 is 1.75. The van der Waals surface area contributed by atoms with Gasteiger partial charge in [0.05, 0.1) is 18.1 Å². The fraction of sp³-hybridized carbons (Fsp3) is 0.250. The van der Waals surface area contributed by atoms with Gasteiger partial charge in [-0.3, -0.25) is 0 Å². The molecule has 2 aromatic heterocycles. The maximum atomic E-state index is 13.8. The van der Waals surface area contributed by atoms with Crippen LogP contribution in [0, 0.1) is 5.82 Å². The molecule has 0 aliphatic carbocycles. The summed E-state index contributed by atoms with van der Waals surface area (Å²) in [4.78, 5) is 16.4. The first-order valence-corrected chi connectivity index (χ1v) is 12.3. The van der Waals surface area contributed by atoms with Crippen LogP contribution in [0.25, 0.3) is 22.1 Å². The van der Waals surface area contributed by atoms with Crippen LogP contribution in [0.2, 0.25) is 0 Å². The Hall–Kier alpha value is -2.77. The number of thiazole rings is 1. The number of hydrogen-bond acceptors (Lipinski definition) is 8. The van der Waals surface area contributed by atoms with Gasteiger partial charge in [0, 0.05) is 29.0 Å². The third-order valence-electron chi connectivity index (χ3n) is 5.59. The largest absolute Gasteiger partial charge is 0.423 e. The molecular weight excluding hydrogens is 522 g/mol. The monoisotopic (exact) mass is 539 g/mol. The molecule has 5 rings (SSSR count). The molecule has 0 saturated carbocycles. The van der Waals surface area contributed by atoms with E-state index in [0.29, 0.717) is 32.7 Å². The molecule has 188 valence electrons. The van der Waals surface area contributed by atoms with Gasteiger partial charge >= 0.3 is 11.8 Å². The van der Waals surface area contributed by atoms with E-state index in [1.54, 1.807) is 30.3 Å². The molecule has 0 radical (unpaired) electrons. The summed E-state index contributed by atoms with van der Waals surface area (Å²) in [5.74, 6) is -0.409. The average Bonchev–Trinajstić information content (AvgIpc) is 3.50. The third-order valence-corrected chi connectivity index (χ3v) is 7.80. The second-order valence-electron chi connectivity index (χ2n) is 7.97. The lowest BCUT2D eigenvalue weighted by Crippen LogP contribution is -2.44. The summed E-state index contributed by atoms with van der Waals surface area (Å²) in [5.41, 5.74) is -2.35. The van der Waals surface area contributed by atoms with Crippen molar-refractivity contribution in [2.45, 2.75) is 33.7 Å². The van der Waals surface area contributed by atoms with Gasteiger partial charge in [0.1, 0.15) is 11.4 Å². The van der Waals surface area contributed by atoms with Crippen LogP contribution in [-0.2, 0) is 15.1 Å². The van der Waals surface area contributed by atoms with Crippen LogP contribution in [0.3, 0.4) is 0 Å². The van der Waals surface area contributed by atoms with Crippen molar-refractivity contribution in [3.8, 4) is 11.1 Å². The first-order chi connectivity index (χ1) is 17.1. The van der Waals surface area contributed by atoms with Crippen LogP contribution in [0.1, 0.15) is 11.3 Å². The Morgan fingerprint density at radius 2 is 1.81 bits per heavy atom. The predicted octanol–water partition coefficient (Wildman–Crippen LogP) is 5.72. The van der Waals surface area contributed by atoms with E-state index < -0.39 is 35.9 Å². The summed E-state index contributed by atoms with van der Waals surface area (Å²) in [7, 11) is 0. The SMILES string of the molecule is O=c1cc(-c2ccc(F)cc2)c2ccc(Sc3ncc(C(O)(CC4OCCO4)C(F)(F)F)s3)cc2o1. The fourth-order valence-electron chi connectivity index (χ4n) is 3.79. The Labute approximate surface area is 209 Å². The molecule has 4 aromatic rings. The highest BCUT2D eigenvalue weighted by molar-refractivity contribution is 8.01. The molecule has 1 saturated heterocycles. The number of halogens is 4. The van der Waals surface area contributed by atoms with Crippen LogP contribution in [-0.4, -0.2) is 35.8 Å². The molecule has 1 aliphatic heterocycles. The zero-order chi connectivity index (χ0) is 25.5. The van der Waals surface area contributed by atoms with E-state index in [9.17, 15) is 27.5 Å². The van der Waals surface area contributed by atoms with E-state index >= 15 is 0 Å². The zero-order valence-electron chi connectivity index (χ0n) is 18.3. The standard InChI is InChI=1S/C24H17F4NO5S2/c25-14-3-1-13(2-4-14)17-10-20(30)34-18-9-15(5-6-16(17)18)35-22-29-12-19(36-22)23(31,24(26,27)28)11-21-32-7-8-33-21/h1-6,9-10,12,21,31H,7-8,11H2. The molecule has 6 nitrogen and oxygen atoms in total. The second-order valence-corrected chi connectivity index (χ2v) is 10.3. The molecule has 1 N–H and O–H groups in total. The molecule has 12 heteroatoms. The highest BCUT2D eigenvalue weighted by Gasteiger charge is 2.57. The van der Waals surface area contributed by atoms with Crippen LogP contribution in [0.15, 0.2) is 73.2 Å². The summed E-state index contributed by atoms with van der Waals surface area (Å²) in [5, 5.41) is 11.2. The number of aliphatic hydroxyl groups is 1. The van der Waals surface area contributed by atoms with E-state index in [1.165, 1.54) is 18.2 Å². The molecule has 1 fully saturated rings. The normalized spacial score (nSPS) is 16.5. The maximum Gasteiger partial charge on any atom is 0.422 e. The van der Waals surface area contributed by atoms with Crippen molar-refractivity contribution in [1.29, 1.82) is 0 Å². The summed E-state index contributed by atoms with van der Waals surface area (Å²) < 4.78 is 70.6. The Morgan fingerprint density at radius 3 is 2.50 bits per heavy atom. The van der Waals surface area contributed by atoms with Gasteiger partial charge in [0.15, 0.2) is 10.6 Å². The molecule has 1 unspecified atom stereocenters. The Morgan fingerprint density at radius 1 is 1.08 bits per heavy atom. The number of alkyl halides is 3. The average molecular weight is 540 g/mol. The van der Waals surface area contributed by atoms with E-state index in [4.69, 9.17) is 13.9 Å². The van der Waals surface area contributed by atoms with Crippen LogP contribution >= 0.6 is 23.1 Å². The first kappa shape index (κ1) is 24.9. The molecule has 1 atom stereocenters. The van der Waals surface area contributed by atoms with Crippen molar-refractivity contribution in [2.24, 2.45) is 0 Å². The van der Waals surface area contributed by atoms with Crippen LogP contribution < -0.4 is 5.63 Å². The van der Waals surface area contributed by atoms with Crippen molar-refractivity contribution in [2.75, 3.05) is 13.2 Å². The Balaban J connectivity index is 1.44. The minimum Gasteiger partial charge on any atom is -0.423 e. The number of rotatable bonds is 6. The number of ether oxygens (including phenoxy) is 2. The second kappa shape index (κ2) is 9.60. The number of hydrogen-bond donors (Lipinski definition) is 1. The lowest BCUT2D eigenvalue weighted by atomic mass is 9.97. The quantitative estimate of drug-likeness (QED) is 0.248. The van der Waals surface area contributed by atoms with Gasteiger partial charge < -0.3 is 19.0 Å². The van der Waals surface area contributed by atoms with E-state index in [-0.39, 0.29) is 28.0 Å². The fourth-order valence-corrected chi connectivity index (χ4v) is 5.90. The molecular formula is C24H17F4NO5S2. The Bertz CT molecular complexity index is 1450. The van der Waals surface area contributed by atoms with Gasteiger partial charge in [-0.2, -0.15) is 13.2 Å². The Kier molecular flexibility index (Phi) is 6.64. The van der Waals surface area contributed by atoms with Gasteiger partial charge in [-0.05, 0) is 41.5 Å². The van der Waals surface area contributed by atoms with E-state index in [1.807, 2.05) is 0 Å². The van der Waals surface area contributed by atoms with Crippen molar-refractivity contribution in [3.63, 3.8) is 0 Å². The minimum absolute atomic E-state index is 0.156. The van der Waals surface area contributed by atoms with Gasteiger partial charge in [-0.15, -0.1) is 11.3 Å². The van der Waals surface area contributed by atoms with Crippen molar-refractivity contribution in [3.05, 3.63) is 75.8 Å². The highest BCUT2D eigenvalue weighted by atomic mass is 32.2. The topological polar surface area (TPSA) is 81.8 Å². The maximum absolute atomic E-state index is 13.8. The van der Waals surface area contributed by atoms with Gasteiger partial charge in [-0.1, -0.05) is 23.9 Å². The third kappa shape index (κ3) is 4.91. The molecule has 3 heterocycles. The molecule has 2 aromatic carbocycles. The van der Waals surface area contributed by atoms with Crippen LogP contribution in [0.5, 0.6) is 0 Å². The predicted molar refractivity (Wildman–Crippen MR) is 124 cm³/mol. The van der Waals surface area contributed by atoms with Crippen molar-refractivity contribution in [1.82, 2.24) is 4.98 Å². The van der Waals surface area contributed by atoms with Crippen LogP contribution in [0.4, 0.5) is 17.6 Å². The van der Waals surface area contributed by atoms with Crippen molar-refractivity contribution >= 4 is 34.1 Å². The lowest BCUT2D eigenvalue weighted by molar-refractivity contribution is -0.282. The van der Waals surface area contributed by atoms with E-state index in [0.717, 1.165) is 18.0 Å². The number of fused-ring (bicyclic) bond motifs is 1. The summed E-state index contributed by atoms with van der Waals surface area (Å²) in [6, 6.07) is 12.0. The highest BCUT2D eigenvalue weighted by Crippen LogP contribution is 2.47. The molecule has 0 spiro atoms. The van der Waals surface area contributed by atoms with Gasteiger partial charge in [-0.25, -0.2) is 14.2 Å². The van der Waals surface area contributed by atoms with Crippen molar-refractivity contribution < 1.29 is 36.6 Å². The van der Waals surface area contributed by atoms with Gasteiger partial charge in [0.25, 0.3) is 0 Å². The first-order valence-electron chi connectivity index (χ1n) is 10.6. The number of aromatic nitrogens is 1. The van der Waals surface area contributed by atoms with Gasteiger partial charge in [0.2, 0.25) is 5.60 Å². The molecule has 0 bridgehead atoms. The molecule has 1 aliphatic rings. The summed E-state index contributed by atoms with van der Waals surface area (Å²) in [6.07, 6.45) is -5.97. The number of benzene rings is 2. The number of nitrogens with zero attached hydrogens (tertiary/aromatic N) is 1. The lowest BCUT2D eigenvalue weighted by Gasteiger charge is -2.30.